The van der Waals surface area contributed by atoms with Crippen LogP contribution in [0.3, 0.4) is 0 Å². The molecule has 1 aromatic rings. The fourth-order valence-electron chi connectivity index (χ4n) is 3.47. The SMILES string of the molecule is O=C(NCCC(=O)N1CCCC1)C1CCCN(S(=O)(=O)c2cccs2)C1. The Morgan fingerprint density at radius 3 is 2.65 bits per heavy atom. The van der Waals surface area contributed by atoms with Crippen molar-refractivity contribution in [2.45, 2.75) is 36.3 Å². The Morgan fingerprint density at radius 2 is 1.96 bits per heavy atom. The summed E-state index contributed by atoms with van der Waals surface area (Å²) in [5.41, 5.74) is 0. The van der Waals surface area contributed by atoms with Crippen LogP contribution in [0.5, 0.6) is 0 Å². The maximum atomic E-state index is 12.6. The summed E-state index contributed by atoms with van der Waals surface area (Å²) in [5, 5.41) is 4.54. The molecule has 3 rings (SSSR count). The van der Waals surface area contributed by atoms with E-state index >= 15 is 0 Å². The number of carbonyl (C=O) groups is 2. The molecule has 2 amide bonds. The zero-order chi connectivity index (χ0) is 18.6. The van der Waals surface area contributed by atoms with Crippen LogP contribution in [-0.4, -0.2) is 62.2 Å². The van der Waals surface area contributed by atoms with E-state index in [-0.39, 0.29) is 24.3 Å². The Labute approximate surface area is 158 Å². The average molecular weight is 400 g/mol. The summed E-state index contributed by atoms with van der Waals surface area (Å²) in [6, 6.07) is 3.30. The third kappa shape index (κ3) is 4.44. The smallest absolute Gasteiger partial charge is 0.252 e. The highest BCUT2D eigenvalue weighted by molar-refractivity contribution is 7.91. The van der Waals surface area contributed by atoms with Gasteiger partial charge < -0.3 is 10.2 Å². The zero-order valence-corrected chi connectivity index (χ0v) is 16.4. The van der Waals surface area contributed by atoms with Gasteiger partial charge in [0.25, 0.3) is 10.0 Å². The monoisotopic (exact) mass is 399 g/mol. The number of rotatable bonds is 6. The van der Waals surface area contributed by atoms with Crippen LogP contribution in [0, 0.1) is 5.92 Å². The van der Waals surface area contributed by atoms with Crippen molar-refractivity contribution in [1.29, 1.82) is 0 Å². The van der Waals surface area contributed by atoms with Crippen LogP contribution < -0.4 is 5.32 Å². The van der Waals surface area contributed by atoms with E-state index in [1.807, 2.05) is 4.90 Å². The molecule has 0 aliphatic carbocycles. The van der Waals surface area contributed by atoms with Crippen molar-refractivity contribution < 1.29 is 18.0 Å². The molecule has 0 bridgehead atoms. The van der Waals surface area contributed by atoms with Gasteiger partial charge in [0.15, 0.2) is 0 Å². The lowest BCUT2D eigenvalue weighted by molar-refractivity contribution is -0.130. The van der Waals surface area contributed by atoms with Gasteiger partial charge in [-0.15, -0.1) is 11.3 Å². The molecule has 2 aliphatic rings. The number of hydrogen-bond acceptors (Lipinski definition) is 5. The molecule has 1 N–H and O–H groups in total. The van der Waals surface area contributed by atoms with Crippen LogP contribution >= 0.6 is 11.3 Å². The number of hydrogen-bond donors (Lipinski definition) is 1. The Kier molecular flexibility index (Phi) is 6.31. The molecule has 0 radical (unpaired) electrons. The molecule has 7 nitrogen and oxygen atoms in total. The quantitative estimate of drug-likeness (QED) is 0.781. The number of sulfonamides is 1. The highest BCUT2D eigenvalue weighted by Crippen LogP contribution is 2.26. The molecule has 0 spiro atoms. The van der Waals surface area contributed by atoms with Gasteiger partial charge in [0.2, 0.25) is 11.8 Å². The van der Waals surface area contributed by atoms with Gasteiger partial charge in [0.05, 0.1) is 5.92 Å². The first kappa shape index (κ1) is 19.3. The highest BCUT2D eigenvalue weighted by Gasteiger charge is 2.33. The van der Waals surface area contributed by atoms with Crippen LogP contribution in [0.15, 0.2) is 21.7 Å². The number of piperidine rings is 1. The van der Waals surface area contributed by atoms with E-state index in [0.717, 1.165) is 25.9 Å². The first-order chi connectivity index (χ1) is 12.5. The lowest BCUT2D eigenvalue weighted by Crippen LogP contribution is -2.45. The second-order valence-electron chi connectivity index (χ2n) is 6.76. The minimum Gasteiger partial charge on any atom is -0.355 e. The fraction of sp³-hybridized carbons (Fsp3) is 0.647. The number of carbonyl (C=O) groups excluding carboxylic acids is 2. The molecule has 3 heterocycles. The predicted octanol–water partition coefficient (Wildman–Crippen LogP) is 1.28. The lowest BCUT2D eigenvalue weighted by atomic mass is 9.99. The molecule has 26 heavy (non-hydrogen) atoms. The van der Waals surface area contributed by atoms with Gasteiger partial charge in [-0.05, 0) is 37.1 Å². The number of nitrogens with one attached hydrogen (secondary N) is 1. The molecule has 9 heteroatoms. The van der Waals surface area contributed by atoms with Crippen molar-refractivity contribution in [1.82, 2.24) is 14.5 Å². The molecule has 1 unspecified atom stereocenters. The third-order valence-electron chi connectivity index (χ3n) is 4.94. The zero-order valence-electron chi connectivity index (χ0n) is 14.7. The largest absolute Gasteiger partial charge is 0.355 e. The van der Waals surface area contributed by atoms with E-state index in [9.17, 15) is 18.0 Å². The molecular weight excluding hydrogens is 374 g/mol. The van der Waals surface area contributed by atoms with E-state index in [1.54, 1.807) is 17.5 Å². The molecule has 144 valence electrons. The standard InChI is InChI=1S/C17H25N3O4S2/c21-15(19-9-1-2-10-19)7-8-18-17(22)14-5-3-11-20(13-14)26(23,24)16-6-4-12-25-16/h4,6,12,14H,1-3,5,7-11,13H2,(H,18,22). The second-order valence-corrected chi connectivity index (χ2v) is 9.88. The highest BCUT2D eigenvalue weighted by atomic mass is 32.2. The second kappa shape index (κ2) is 8.49. The predicted molar refractivity (Wildman–Crippen MR) is 99.2 cm³/mol. The van der Waals surface area contributed by atoms with Gasteiger partial charge in [-0.25, -0.2) is 8.42 Å². The van der Waals surface area contributed by atoms with Crippen molar-refractivity contribution in [3.8, 4) is 0 Å². The molecule has 0 saturated carbocycles. The van der Waals surface area contributed by atoms with Crippen LogP contribution in [-0.2, 0) is 19.6 Å². The third-order valence-corrected chi connectivity index (χ3v) is 8.18. The Morgan fingerprint density at radius 1 is 1.19 bits per heavy atom. The maximum absolute atomic E-state index is 12.6. The van der Waals surface area contributed by atoms with Gasteiger partial charge in [-0.3, -0.25) is 9.59 Å². The summed E-state index contributed by atoms with van der Waals surface area (Å²) in [5.74, 6) is -0.445. The summed E-state index contributed by atoms with van der Waals surface area (Å²) in [4.78, 5) is 26.2. The van der Waals surface area contributed by atoms with Crippen molar-refractivity contribution in [2.24, 2.45) is 5.92 Å². The molecule has 2 fully saturated rings. The van der Waals surface area contributed by atoms with E-state index in [0.29, 0.717) is 36.6 Å². The van der Waals surface area contributed by atoms with Crippen molar-refractivity contribution in [3.63, 3.8) is 0 Å². The van der Waals surface area contributed by atoms with Crippen LogP contribution in [0.4, 0.5) is 0 Å². The van der Waals surface area contributed by atoms with Gasteiger partial charge >= 0.3 is 0 Å². The van der Waals surface area contributed by atoms with Crippen LogP contribution in [0.1, 0.15) is 32.1 Å². The van der Waals surface area contributed by atoms with Gasteiger partial charge in [0, 0.05) is 39.1 Å². The van der Waals surface area contributed by atoms with Crippen LogP contribution in [0.25, 0.3) is 0 Å². The number of nitrogens with zero attached hydrogens (tertiary/aromatic N) is 2. The van der Waals surface area contributed by atoms with Crippen molar-refractivity contribution in [2.75, 3.05) is 32.7 Å². The molecule has 1 aromatic heterocycles. The molecule has 2 saturated heterocycles. The van der Waals surface area contributed by atoms with E-state index in [4.69, 9.17) is 0 Å². The Balaban J connectivity index is 1.49. The van der Waals surface area contributed by atoms with E-state index in [1.165, 1.54) is 15.6 Å². The normalized spacial score (nSPS) is 21.7. The maximum Gasteiger partial charge on any atom is 0.252 e. The van der Waals surface area contributed by atoms with Crippen molar-refractivity contribution in [3.05, 3.63) is 17.5 Å². The van der Waals surface area contributed by atoms with E-state index < -0.39 is 10.0 Å². The Hall–Kier alpha value is -1.45. The molecular formula is C17H25N3O4S2. The molecule has 1 atom stereocenters. The minimum atomic E-state index is -3.52. The first-order valence-electron chi connectivity index (χ1n) is 9.07. The molecule has 0 aromatic carbocycles. The number of thiophene rings is 1. The topological polar surface area (TPSA) is 86.8 Å². The lowest BCUT2D eigenvalue weighted by Gasteiger charge is -2.30. The van der Waals surface area contributed by atoms with Gasteiger partial charge in [-0.1, -0.05) is 6.07 Å². The first-order valence-corrected chi connectivity index (χ1v) is 11.4. The number of amides is 2. The summed E-state index contributed by atoms with van der Waals surface area (Å²) in [6.45, 7) is 2.57. The van der Waals surface area contributed by atoms with Crippen LogP contribution in [0.2, 0.25) is 0 Å². The minimum absolute atomic E-state index is 0.0772. The van der Waals surface area contributed by atoms with Gasteiger partial charge in [-0.2, -0.15) is 4.31 Å². The summed E-state index contributed by atoms with van der Waals surface area (Å²) >= 11 is 1.19. The van der Waals surface area contributed by atoms with E-state index in [2.05, 4.69) is 5.32 Å². The average Bonchev–Trinajstić information content (AvgIpc) is 3.35. The fourth-order valence-corrected chi connectivity index (χ4v) is 6.14. The summed E-state index contributed by atoms with van der Waals surface area (Å²) in [6.07, 6.45) is 3.73. The summed E-state index contributed by atoms with van der Waals surface area (Å²) in [7, 11) is -3.52. The van der Waals surface area contributed by atoms with Gasteiger partial charge in [0.1, 0.15) is 4.21 Å². The molecule has 2 aliphatic heterocycles. The van der Waals surface area contributed by atoms with Crippen molar-refractivity contribution >= 4 is 33.2 Å². The Bertz CT molecular complexity index is 727. The number of likely N-dealkylation sites (tertiary alicyclic amines) is 1. The summed E-state index contributed by atoms with van der Waals surface area (Å²) < 4.78 is 27.0.